The topological polar surface area (TPSA) is 18.5 Å². The summed E-state index contributed by atoms with van der Waals surface area (Å²) < 4.78 is 0. The summed E-state index contributed by atoms with van der Waals surface area (Å²) in [5.74, 6) is 0.824. The van der Waals surface area contributed by atoms with Gasteiger partial charge in [-0.15, -0.1) is 0 Å². The highest BCUT2D eigenvalue weighted by Crippen LogP contribution is 2.27. The highest BCUT2D eigenvalue weighted by Gasteiger charge is 2.30. The predicted molar refractivity (Wildman–Crippen MR) is 73.4 cm³/mol. The van der Waals surface area contributed by atoms with Gasteiger partial charge in [0.1, 0.15) is 0 Å². The minimum Gasteiger partial charge on any atom is -0.315 e. The molecule has 100 valence electrons. The number of hydrogen-bond acceptors (Lipinski definition) is 3. The van der Waals surface area contributed by atoms with Crippen LogP contribution in [0, 0.1) is 5.92 Å². The largest absolute Gasteiger partial charge is 0.315 e. The Morgan fingerprint density at radius 1 is 1.06 bits per heavy atom. The molecule has 0 spiro atoms. The Morgan fingerprint density at radius 3 is 2.35 bits per heavy atom. The maximum Gasteiger partial charge on any atom is 0.0113 e. The van der Waals surface area contributed by atoms with Crippen LogP contribution in [0.2, 0.25) is 0 Å². The van der Waals surface area contributed by atoms with Crippen LogP contribution in [-0.2, 0) is 0 Å². The molecule has 17 heavy (non-hydrogen) atoms. The van der Waals surface area contributed by atoms with Crippen molar-refractivity contribution in [3.8, 4) is 0 Å². The van der Waals surface area contributed by atoms with E-state index in [2.05, 4.69) is 29.0 Å². The summed E-state index contributed by atoms with van der Waals surface area (Å²) >= 11 is 0. The Morgan fingerprint density at radius 2 is 1.76 bits per heavy atom. The Hall–Kier alpha value is -0.120. The first-order chi connectivity index (χ1) is 8.25. The number of piperazine rings is 1. The molecule has 1 N–H and O–H groups in total. The lowest BCUT2D eigenvalue weighted by Gasteiger charge is -2.34. The van der Waals surface area contributed by atoms with E-state index in [1.54, 1.807) is 0 Å². The highest BCUT2D eigenvalue weighted by atomic mass is 15.3. The molecule has 1 aliphatic heterocycles. The molecule has 2 rings (SSSR count). The van der Waals surface area contributed by atoms with Crippen LogP contribution in [0.25, 0.3) is 0 Å². The van der Waals surface area contributed by atoms with E-state index >= 15 is 0 Å². The standard InChI is InChI=1S/C14H29N3/c1-13(2)5-6-15-7-8-16-9-11-17(12-10-16)14-3-4-14/h13-15H,3-12H2,1-2H3. The smallest absolute Gasteiger partial charge is 0.0113 e. The SMILES string of the molecule is CC(C)CCNCCN1CCN(C2CC2)CC1. The Kier molecular flexibility index (Phi) is 5.26. The van der Waals surface area contributed by atoms with Crippen LogP contribution in [0.3, 0.4) is 0 Å². The van der Waals surface area contributed by atoms with Crippen molar-refractivity contribution < 1.29 is 0 Å². The van der Waals surface area contributed by atoms with Crippen molar-refractivity contribution in [2.75, 3.05) is 45.8 Å². The summed E-state index contributed by atoms with van der Waals surface area (Å²) in [5, 5.41) is 3.56. The fourth-order valence-electron chi connectivity index (χ4n) is 2.54. The molecular formula is C14H29N3. The van der Waals surface area contributed by atoms with E-state index in [4.69, 9.17) is 0 Å². The average molecular weight is 239 g/mol. The van der Waals surface area contributed by atoms with Crippen LogP contribution in [0.5, 0.6) is 0 Å². The van der Waals surface area contributed by atoms with E-state index in [1.165, 1.54) is 58.5 Å². The molecule has 0 bridgehead atoms. The second-order valence-electron chi connectivity index (χ2n) is 6.04. The van der Waals surface area contributed by atoms with Gasteiger partial charge in [0.25, 0.3) is 0 Å². The predicted octanol–water partition coefficient (Wildman–Crippen LogP) is 1.40. The Balaban J connectivity index is 1.47. The highest BCUT2D eigenvalue weighted by molar-refractivity contribution is 4.87. The monoisotopic (exact) mass is 239 g/mol. The lowest BCUT2D eigenvalue weighted by molar-refractivity contribution is 0.127. The second-order valence-corrected chi connectivity index (χ2v) is 6.04. The molecule has 0 aromatic rings. The van der Waals surface area contributed by atoms with Crippen LogP contribution < -0.4 is 5.32 Å². The molecule has 2 aliphatic rings. The number of nitrogens with one attached hydrogen (secondary N) is 1. The van der Waals surface area contributed by atoms with Gasteiger partial charge in [0.15, 0.2) is 0 Å². The zero-order valence-corrected chi connectivity index (χ0v) is 11.6. The second kappa shape index (κ2) is 6.72. The number of nitrogens with zero attached hydrogens (tertiary/aromatic N) is 2. The fourth-order valence-corrected chi connectivity index (χ4v) is 2.54. The Bertz CT molecular complexity index is 206. The molecule has 0 aromatic heterocycles. The molecule has 0 unspecified atom stereocenters. The molecule has 1 saturated heterocycles. The lowest BCUT2D eigenvalue weighted by Crippen LogP contribution is -2.48. The summed E-state index contributed by atoms with van der Waals surface area (Å²) in [6, 6.07) is 0.960. The molecule has 0 amide bonds. The van der Waals surface area contributed by atoms with Gasteiger partial charge in [-0.25, -0.2) is 0 Å². The van der Waals surface area contributed by atoms with E-state index in [0.29, 0.717) is 0 Å². The van der Waals surface area contributed by atoms with E-state index in [9.17, 15) is 0 Å². The van der Waals surface area contributed by atoms with E-state index in [-0.39, 0.29) is 0 Å². The molecule has 1 heterocycles. The van der Waals surface area contributed by atoms with Gasteiger partial charge in [-0.1, -0.05) is 13.8 Å². The summed E-state index contributed by atoms with van der Waals surface area (Å²) in [7, 11) is 0. The molecule has 3 heteroatoms. The van der Waals surface area contributed by atoms with Gasteiger partial charge in [-0.3, -0.25) is 9.80 Å². The molecule has 0 radical (unpaired) electrons. The van der Waals surface area contributed by atoms with Gasteiger partial charge in [-0.2, -0.15) is 0 Å². The van der Waals surface area contributed by atoms with Gasteiger partial charge in [0.05, 0.1) is 0 Å². The molecule has 1 aliphatic carbocycles. The first kappa shape index (κ1) is 13.3. The molecule has 1 saturated carbocycles. The molecule has 0 aromatic carbocycles. The van der Waals surface area contributed by atoms with Gasteiger partial charge in [0.2, 0.25) is 0 Å². The summed E-state index contributed by atoms with van der Waals surface area (Å²) in [5.41, 5.74) is 0. The van der Waals surface area contributed by atoms with Gasteiger partial charge < -0.3 is 5.32 Å². The maximum absolute atomic E-state index is 3.56. The molecule has 2 fully saturated rings. The van der Waals surface area contributed by atoms with Gasteiger partial charge in [0, 0.05) is 45.3 Å². The van der Waals surface area contributed by atoms with Gasteiger partial charge >= 0.3 is 0 Å². The Labute approximate surface area is 107 Å². The van der Waals surface area contributed by atoms with Crippen LogP contribution in [0.4, 0.5) is 0 Å². The van der Waals surface area contributed by atoms with Crippen molar-refractivity contribution in [3.05, 3.63) is 0 Å². The zero-order chi connectivity index (χ0) is 12.1. The first-order valence-electron chi connectivity index (χ1n) is 7.43. The van der Waals surface area contributed by atoms with Crippen molar-refractivity contribution in [1.82, 2.24) is 15.1 Å². The van der Waals surface area contributed by atoms with Crippen LogP contribution in [0.15, 0.2) is 0 Å². The first-order valence-corrected chi connectivity index (χ1v) is 7.43. The van der Waals surface area contributed by atoms with E-state index in [1.807, 2.05) is 0 Å². The average Bonchev–Trinajstić information content (AvgIpc) is 3.13. The minimum absolute atomic E-state index is 0.824. The van der Waals surface area contributed by atoms with E-state index < -0.39 is 0 Å². The molecule has 3 nitrogen and oxygen atoms in total. The quantitative estimate of drug-likeness (QED) is 0.678. The van der Waals surface area contributed by atoms with Crippen molar-refractivity contribution in [2.24, 2.45) is 5.92 Å². The summed E-state index contributed by atoms with van der Waals surface area (Å²) in [6.45, 7) is 13.3. The minimum atomic E-state index is 0.824. The van der Waals surface area contributed by atoms with Crippen LogP contribution in [-0.4, -0.2) is 61.7 Å². The third-order valence-electron chi connectivity index (χ3n) is 3.97. The van der Waals surface area contributed by atoms with Gasteiger partial charge in [-0.05, 0) is 31.7 Å². The van der Waals surface area contributed by atoms with Crippen molar-refractivity contribution in [3.63, 3.8) is 0 Å². The third kappa shape index (κ3) is 4.94. The summed E-state index contributed by atoms with van der Waals surface area (Å²) in [4.78, 5) is 5.30. The van der Waals surface area contributed by atoms with E-state index in [0.717, 1.165) is 18.5 Å². The third-order valence-corrected chi connectivity index (χ3v) is 3.97. The fraction of sp³-hybridized carbons (Fsp3) is 1.00. The van der Waals surface area contributed by atoms with Crippen molar-refractivity contribution in [1.29, 1.82) is 0 Å². The normalized spacial score (nSPS) is 23.5. The van der Waals surface area contributed by atoms with Crippen molar-refractivity contribution >= 4 is 0 Å². The zero-order valence-electron chi connectivity index (χ0n) is 11.6. The number of rotatable bonds is 7. The molecule has 0 atom stereocenters. The van der Waals surface area contributed by atoms with Crippen LogP contribution >= 0.6 is 0 Å². The number of hydrogen-bond donors (Lipinski definition) is 1. The molecular weight excluding hydrogens is 210 g/mol. The lowest BCUT2D eigenvalue weighted by atomic mass is 10.1. The maximum atomic E-state index is 3.56. The van der Waals surface area contributed by atoms with Crippen LogP contribution in [0.1, 0.15) is 33.1 Å². The summed E-state index contributed by atoms with van der Waals surface area (Å²) in [6.07, 6.45) is 4.21. The van der Waals surface area contributed by atoms with Crippen molar-refractivity contribution in [2.45, 2.75) is 39.2 Å².